The van der Waals surface area contributed by atoms with Crippen LogP contribution in [0.25, 0.3) is 0 Å². The number of hydrogen-bond acceptors (Lipinski definition) is 3. The number of hydrogen-bond donors (Lipinski definition) is 2. The Morgan fingerprint density at radius 1 is 1.40 bits per heavy atom. The van der Waals surface area contributed by atoms with Gasteiger partial charge in [-0.2, -0.15) is 0 Å². The van der Waals surface area contributed by atoms with Crippen molar-refractivity contribution in [3.63, 3.8) is 0 Å². The van der Waals surface area contributed by atoms with Crippen LogP contribution in [0.3, 0.4) is 0 Å². The van der Waals surface area contributed by atoms with E-state index in [0.29, 0.717) is 17.3 Å². The van der Waals surface area contributed by atoms with E-state index in [1.54, 1.807) is 0 Å². The number of pyridine rings is 1. The van der Waals surface area contributed by atoms with Gasteiger partial charge in [-0.1, -0.05) is 19.8 Å². The number of fused-ring (bicyclic) bond motifs is 1. The minimum Gasteiger partial charge on any atom is -0.478 e. The summed E-state index contributed by atoms with van der Waals surface area (Å²) in [5, 5.41) is 12.7. The van der Waals surface area contributed by atoms with Crippen LogP contribution in [-0.2, 0) is 12.8 Å². The number of anilines is 1. The maximum absolute atomic E-state index is 11.4. The first-order valence-corrected chi connectivity index (χ1v) is 7.65. The van der Waals surface area contributed by atoms with Crippen LogP contribution < -0.4 is 5.32 Å². The number of nitrogens with zero attached hydrogens (tertiary/aromatic N) is 1. The Hall–Kier alpha value is -1.58. The maximum atomic E-state index is 11.4. The molecule has 2 aliphatic rings. The number of carboxylic acid groups (broad SMARTS) is 1. The third-order valence-electron chi connectivity index (χ3n) is 4.85. The molecule has 2 unspecified atom stereocenters. The fourth-order valence-corrected chi connectivity index (χ4v) is 3.52. The van der Waals surface area contributed by atoms with E-state index in [2.05, 4.69) is 17.2 Å². The first kappa shape index (κ1) is 13.4. The van der Waals surface area contributed by atoms with Crippen LogP contribution in [0.15, 0.2) is 6.07 Å². The molecule has 1 heterocycles. The number of rotatable bonds is 4. The number of aromatic nitrogens is 1. The number of carboxylic acids is 1. The van der Waals surface area contributed by atoms with E-state index in [1.807, 2.05) is 6.07 Å². The largest absolute Gasteiger partial charge is 0.478 e. The molecule has 1 saturated carbocycles. The van der Waals surface area contributed by atoms with Crippen molar-refractivity contribution in [3.8, 4) is 0 Å². The van der Waals surface area contributed by atoms with Gasteiger partial charge in [-0.25, -0.2) is 9.78 Å². The predicted octanol–water partition coefficient (Wildman–Crippen LogP) is 3.12. The fraction of sp³-hybridized carbons (Fsp3) is 0.625. The van der Waals surface area contributed by atoms with E-state index in [9.17, 15) is 9.90 Å². The number of carbonyl (C=O) groups is 1. The molecular formula is C16H22N2O2. The minimum atomic E-state index is -0.880. The highest BCUT2D eigenvalue weighted by Gasteiger charge is 2.25. The van der Waals surface area contributed by atoms with E-state index < -0.39 is 5.97 Å². The van der Waals surface area contributed by atoms with Crippen molar-refractivity contribution in [3.05, 3.63) is 22.9 Å². The molecular weight excluding hydrogens is 252 g/mol. The highest BCUT2D eigenvalue weighted by molar-refractivity contribution is 5.93. The Bertz CT molecular complexity index is 527. The van der Waals surface area contributed by atoms with Crippen LogP contribution in [0, 0.1) is 11.8 Å². The van der Waals surface area contributed by atoms with Gasteiger partial charge in [-0.15, -0.1) is 0 Å². The zero-order chi connectivity index (χ0) is 14.1. The monoisotopic (exact) mass is 274 g/mol. The van der Waals surface area contributed by atoms with Crippen LogP contribution >= 0.6 is 0 Å². The molecule has 2 N–H and O–H groups in total. The topological polar surface area (TPSA) is 62.2 Å². The van der Waals surface area contributed by atoms with Gasteiger partial charge >= 0.3 is 5.97 Å². The van der Waals surface area contributed by atoms with Gasteiger partial charge in [0.05, 0.1) is 0 Å². The molecule has 108 valence electrons. The average molecular weight is 274 g/mol. The Morgan fingerprint density at radius 3 is 2.95 bits per heavy atom. The summed E-state index contributed by atoms with van der Waals surface area (Å²) in [6.07, 6.45) is 6.84. The van der Waals surface area contributed by atoms with Crippen molar-refractivity contribution in [2.24, 2.45) is 11.8 Å². The van der Waals surface area contributed by atoms with Gasteiger partial charge in [0.1, 0.15) is 11.4 Å². The van der Waals surface area contributed by atoms with Crippen LogP contribution in [-0.4, -0.2) is 22.6 Å². The highest BCUT2D eigenvalue weighted by atomic mass is 16.4. The lowest BCUT2D eigenvalue weighted by atomic mass is 9.98. The van der Waals surface area contributed by atoms with E-state index >= 15 is 0 Å². The summed E-state index contributed by atoms with van der Waals surface area (Å²) in [5.41, 5.74) is 2.52. The zero-order valence-electron chi connectivity index (χ0n) is 12.0. The van der Waals surface area contributed by atoms with E-state index in [-0.39, 0.29) is 0 Å². The quantitative estimate of drug-likeness (QED) is 0.885. The molecule has 3 rings (SSSR count). The molecule has 0 aliphatic heterocycles. The van der Waals surface area contributed by atoms with Gasteiger partial charge < -0.3 is 10.4 Å². The number of nitrogens with one attached hydrogen (secondary N) is 1. The van der Waals surface area contributed by atoms with Gasteiger partial charge in [-0.05, 0) is 49.1 Å². The number of aromatic carboxylic acids is 1. The van der Waals surface area contributed by atoms with Gasteiger partial charge in [-0.3, -0.25) is 0 Å². The first-order valence-electron chi connectivity index (χ1n) is 7.65. The molecule has 0 radical (unpaired) electrons. The summed E-state index contributed by atoms with van der Waals surface area (Å²) in [5.74, 6) is 1.06. The van der Waals surface area contributed by atoms with E-state index in [4.69, 9.17) is 0 Å². The zero-order valence-corrected chi connectivity index (χ0v) is 12.0. The summed E-state index contributed by atoms with van der Waals surface area (Å²) in [7, 11) is 0. The molecule has 1 aromatic rings. The molecule has 1 aromatic heterocycles. The van der Waals surface area contributed by atoms with Gasteiger partial charge in [0, 0.05) is 12.2 Å². The summed E-state index contributed by atoms with van der Waals surface area (Å²) < 4.78 is 0. The molecule has 2 aliphatic carbocycles. The Balaban J connectivity index is 1.79. The highest BCUT2D eigenvalue weighted by Crippen LogP contribution is 2.32. The summed E-state index contributed by atoms with van der Waals surface area (Å²) in [6, 6.07) is 1.82. The normalized spacial score (nSPS) is 24.6. The van der Waals surface area contributed by atoms with Crippen molar-refractivity contribution in [1.29, 1.82) is 0 Å². The maximum Gasteiger partial charge on any atom is 0.339 e. The van der Waals surface area contributed by atoms with Crippen LogP contribution in [0.5, 0.6) is 0 Å². The van der Waals surface area contributed by atoms with Crippen LogP contribution in [0.2, 0.25) is 0 Å². The standard InChI is InChI=1S/C16H22N2O2/c1-10-4-2-6-12(10)9-17-15-13(16(19)20)8-11-5-3-7-14(11)18-15/h8,10,12H,2-7,9H2,1H3,(H,17,18)(H,19,20). The molecule has 1 fully saturated rings. The Kier molecular flexibility index (Phi) is 3.64. The Labute approximate surface area is 119 Å². The lowest BCUT2D eigenvalue weighted by Crippen LogP contribution is -2.19. The molecule has 20 heavy (non-hydrogen) atoms. The second-order valence-electron chi connectivity index (χ2n) is 6.20. The third kappa shape index (κ3) is 2.51. The molecule has 0 saturated heterocycles. The second kappa shape index (κ2) is 5.43. The average Bonchev–Trinajstić information content (AvgIpc) is 3.03. The number of aryl methyl sites for hydroxylation is 2. The van der Waals surface area contributed by atoms with Crippen molar-refractivity contribution >= 4 is 11.8 Å². The molecule has 2 atom stereocenters. The van der Waals surface area contributed by atoms with E-state index in [1.165, 1.54) is 19.3 Å². The summed E-state index contributed by atoms with van der Waals surface area (Å²) in [4.78, 5) is 16.0. The van der Waals surface area contributed by atoms with Crippen molar-refractivity contribution in [2.75, 3.05) is 11.9 Å². The van der Waals surface area contributed by atoms with Crippen LogP contribution in [0.1, 0.15) is 54.2 Å². The van der Waals surface area contributed by atoms with Crippen molar-refractivity contribution < 1.29 is 9.90 Å². The molecule has 0 bridgehead atoms. The molecule has 4 nitrogen and oxygen atoms in total. The first-order chi connectivity index (χ1) is 9.65. The lowest BCUT2D eigenvalue weighted by Gasteiger charge is -2.18. The fourth-order valence-electron chi connectivity index (χ4n) is 3.52. The summed E-state index contributed by atoms with van der Waals surface area (Å²) >= 11 is 0. The van der Waals surface area contributed by atoms with Gasteiger partial charge in [0.2, 0.25) is 0 Å². The second-order valence-corrected chi connectivity index (χ2v) is 6.20. The van der Waals surface area contributed by atoms with E-state index in [0.717, 1.165) is 43.0 Å². The SMILES string of the molecule is CC1CCCC1CNc1nc2c(cc1C(=O)O)CCC2. The van der Waals surface area contributed by atoms with Gasteiger partial charge in [0.15, 0.2) is 0 Å². The van der Waals surface area contributed by atoms with Crippen molar-refractivity contribution in [2.45, 2.75) is 45.4 Å². The smallest absolute Gasteiger partial charge is 0.339 e. The predicted molar refractivity (Wildman–Crippen MR) is 78.2 cm³/mol. The lowest BCUT2D eigenvalue weighted by molar-refractivity contribution is 0.0697. The molecule has 4 heteroatoms. The van der Waals surface area contributed by atoms with Crippen molar-refractivity contribution in [1.82, 2.24) is 4.98 Å². The summed E-state index contributed by atoms with van der Waals surface area (Å²) in [6.45, 7) is 3.13. The third-order valence-corrected chi connectivity index (χ3v) is 4.85. The molecule has 0 spiro atoms. The molecule has 0 amide bonds. The molecule has 0 aromatic carbocycles. The van der Waals surface area contributed by atoms with Crippen LogP contribution in [0.4, 0.5) is 5.82 Å². The van der Waals surface area contributed by atoms with Gasteiger partial charge in [0.25, 0.3) is 0 Å². The Morgan fingerprint density at radius 2 is 2.25 bits per heavy atom. The minimum absolute atomic E-state index is 0.330.